The highest BCUT2D eigenvalue weighted by molar-refractivity contribution is 8.07. The van der Waals surface area contributed by atoms with Crippen molar-refractivity contribution in [1.29, 1.82) is 0 Å². The lowest BCUT2D eigenvalue weighted by molar-refractivity contribution is 0.617. The molecule has 0 N–H and O–H groups in total. The van der Waals surface area contributed by atoms with Gasteiger partial charge in [0.1, 0.15) is 5.82 Å². The first-order valence-corrected chi connectivity index (χ1v) is 7.38. The molecule has 0 atom stereocenters. The topological polar surface area (TPSA) is 0 Å². The minimum absolute atomic E-state index is 0.112. The van der Waals surface area contributed by atoms with E-state index in [4.69, 9.17) is 0 Å². The van der Waals surface area contributed by atoms with Gasteiger partial charge in [-0.05, 0) is 36.1 Å². The highest BCUT2D eigenvalue weighted by Gasteiger charge is 2.18. The molecular weight excluding hydrogens is 255 g/mol. The maximum absolute atomic E-state index is 13.6. The summed E-state index contributed by atoms with van der Waals surface area (Å²) < 4.78 is 13.6. The Morgan fingerprint density at radius 2 is 1.79 bits per heavy atom. The molecule has 0 saturated carbocycles. The van der Waals surface area contributed by atoms with Gasteiger partial charge in [0.2, 0.25) is 0 Å². The zero-order valence-electron chi connectivity index (χ0n) is 10.8. The van der Waals surface area contributed by atoms with E-state index in [-0.39, 0.29) is 5.82 Å². The third-order valence-corrected chi connectivity index (χ3v) is 4.75. The van der Waals surface area contributed by atoms with Gasteiger partial charge in [-0.3, -0.25) is 0 Å². The van der Waals surface area contributed by atoms with Crippen LogP contribution in [0.3, 0.4) is 0 Å². The van der Waals surface area contributed by atoms with Crippen LogP contribution in [0.15, 0.2) is 54.1 Å². The quantitative estimate of drug-likeness (QED) is 0.752. The molecule has 0 saturated heterocycles. The maximum atomic E-state index is 13.6. The summed E-state index contributed by atoms with van der Waals surface area (Å²) in [7, 11) is 0. The third-order valence-electron chi connectivity index (χ3n) is 3.44. The first kappa shape index (κ1) is 12.5. The minimum Gasteiger partial charge on any atom is -0.207 e. The smallest absolute Gasteiger partial charge is 0.127 e. The van der Waals surface area contributed by atoms with E-state index in [0.717, 1.165) is 12.0 Å². The van der Waals surface area contributed by atoms with Gasteiger partial charge in [0.25, 0.3) is 0 Å². The van der Waals surface area contributed by atoms with Gasteiger partial charge in [-0.1, -0.05) is 48.0 Å². The first-order valence-electron chi connectivity index (χ1n) is 6.40. The Balaban J connectivity index is 1.81. The Labute approximate surface area is 117 Å². The van der Waals surface area contributed by atoms with Crippen molar-refractivity contribution in [3.63, 3.8) is 0 Å². The Bertz CT molecular complexity index is 643. The normalized spacial score (nSPS) is 13.8. The van der Waals surface area contributed by atoms with E-state index in [1.807, 2.05) is 12.1 Å². The van der Waals surface area contributed by atoms with E-state index in [2.05, 4.69) is 31.2 Å². The number of hydrogen-bond acceptors (Lipinski definition) is 1. The van der Waals surface area contributed by atoms with Crippen molar-refractivity contribution in [3.05, 3.63) is 76.6 Å². The SMILES string of the molecule is CC1=C(SCc2ccccc2F)c2ccccc2C1. The molecule has 0 radical (unpaired) electrons. The van der Waals surface area contributed by atoms with Crippen LogP contribution < -0.4 is 0 Å². The lowest BCUT2D eigenvalue weighted by Gasteiger charge is -2.07. The molecule has 0 unspecified atom stereocenters. The number of benzene rings is 2. The number of thioether (sulfide) groups is 1. The molecule has 0 amide bonds. The number of rotatable bonds is 3. The molecule has 2 heteroatoms. The van der Waals surface area contributed by atoms with E-state index in [9.17, 15) is 4.39 Å². The van der Waals surface area contributed by atoms with Crippen molar-refractivity contribution in [1.82, 2.24) is 0 Å². The number of hydrogen-bond donors (Lipinski definition) is 0. The fraction of sp³-hybridized carbons (Fsp3) is 0.176. The summed E-state index contributed by atoms with van der Waals surface area (Å²) in [5.41, 5.74) is 4.87. The van der Waals surface area contributed by atoms with E-state index >= 15 is 0 Å². The largest absolute Gasteiger partial charge is 0.207 e. The summed E-state index contributed by atoms with van der Waals surface area (Å²) in [6.45, 7) is 2.17. The predicted molar refractivity (Wildman–Crippen MR) is 80.4 cm³/mol. The fourth-order valence-electron chi connectivity index (χ4n) is 2.46. The van der Waals surface area contributed by atoms with Crippen LogP contribution >= 0.6 is 11.8 Å². The molecule has 0 heterocycles. The average molecular weight is 270 g/mol. The number of halogens is 1. The van der Waals surface area contributed by atoms with Gasteiger partial charge in [-0.2, -0.15) is 0 Å². The summed E-state index contributed by atoms with van der Waals surface area (Å²) in [5, 5.41) is 0. The molecule has 1 aliphatic carbocycles. The van der Waals surface area contributed by atoms with Crippen molar-refractivity contribution in [2.75, 3.05) is 0 Å². The summed E-state index contributed by atoms with van der Waals surface area (Å²) in [5.74, 6) is 0.577. The van der Waals surface area contributed by atoms with Crippen molar-refractivity contribution >= 4 is 16.7 Å². The van der Waals surface area contributed by atoms with E-state index < -0.39 is 0 Å². The van der Waals surface area contributed by atoms with Gasteiger partial charge in [0.05, 0.1) is 0 Å². The Morgan fingerprint density at radius 1 is 1.05 bits per heavy atom. The highest BCUT2D eigenvalue weighted by atomic mass is 32.2. The summed E-state index contributed by atoms with van der Waals surface area (Å²) in [6.07, 6.45) is 1.02. The number of fused-ring (bicyclic) bond motifs is 1. The summed E-state index contributed by atoms with van der Waals surface area (Å²) >= 11 is 1.74. The van der Waals surface area contributed by atoms with Gasteiger partial charge in [-0.15, -0.1) is 11.8 Å². The van der Waals surface area contributed by atoms with Crippen LogP contribution in [0, 0.1) is 5.82 Å². The maximum Gasteiger partial charge on any atom is 0.127 e. The monoisotopic (exact) mass is 270 g/mol. The Hall–Kier alpha value is -1.54. The molecule has 0 aromatic heterocycles. The Morgan fingerprint density at radius 3 is 2.63 bits per heavy atom. The van der Waals surface area contributed by atoms with Crippen LogP contribution in [0.4, 0.5) is 4.39 Å². The van der Waals surface area contributed by atoms with Gasteiger partial charge in [-0.25, -0.2) is 4.39 Å². The second-order valence-electron chi connectivity index (χ2n) is 4.82. The molecule has 0 nitrogen and oxygen atoms in total. The zero-order valence-corrected chi connectivity index (χ0v) is 11.6. The van der Waals surface area contributed by atoms with Crippen LogP contribution in [0.25, 0.3) is 4.91 Å². The zero-order chi connectivity index (χ0) is 13.2. The number of allylic oxidation sites excluding steroid dienone is 1. The average Bonchev–Trinajstić information content (AvgIpc) is 2.74. The molecule has 0 fully saturated rings. The molecule has 19 heavy (non-hydrogen) atoms. The molecule has 0 spiro atoms. The van der Waals surface area contributed by atoms with Gasteiger partial charge >= 0.3 is 0 Å². The molecule has 96 valence electrons. The van der Waals surface area contributed by atoms with Crippen LogP contribution in [0.2, 0.25) is 0 Å². The second kappa shape index (κ2) is 5.22. The van der Waals surface area contributed by atoms with Gasteiger partial charge < -0.3 is 0 Å². The third kappa shape index (κ3) is 2.45. The molecule has 2 aromatic carbocycles. The fourth-order valence-corrected chi connectivity index (χ4v) is 3.67. The molecule has 1 aliphatic rings. The molecule has 0 bridgehead atoms. The summed E-state index contributed by atoms with van der Waals surface area (Å²) in [4.78, 5) is 1.32. The van der Waals surface area contributed by atoms with Crippen molar-refractivity contribution in [2.45, 2.75) is 19.1 Å². The highest BCUT2D eigenvalue weighted by Crippen LogP contribution is 2.41. The molecular formula is C17H15FS. The first-order chi connectivity index (χ1) is 9.25. The molecule has 0 aliphatic heterocycles. The van der Waals surface area contributed by atoms with Crippen molar-refractivity contribution in [3.8, 4) is 0 Å². The predicted octanol–water partition coefficient (Wildman–Crippen LogP) is 5.05. The Kier molecular flexibility index (Phi) is 3.43. The van der Waals surface area contributed by atoms with Crippen molar-refractivity contribution in [2.24, 2.45) is 0 Å². The van der Waals surface area contributed by atoms with Crippen LogP contribution in [-0.4, -0.2) is 0 Å². The molecule has 2 aromatic rings. The standard InChI is InChI=1S/C17H15FS/c1-12-10-13-6-2-4-8-15(13)17(12)19-11-14-7-3-5-9-16(14)18/h2-9H,10-11H2,1H3. The van der Waals surface area contributed by atoms with Crippen molar-refractivity contribution < 1.29 is 4.39 Å². The lowest BCUT2D eigenvalue weighted by atomic mass is 10.1. The van der Waals surface area contributed by atoms with E-state index in [1.54, 1.807) is 17.8 Å². The second-order valence-corrected chi connectivity index (χ2v) is 5.81. The van der Waals surface area contributed by atoms with Crippen LogP contribution in [0.1, 0.15) is 23.6 Å². The van der Waals surface area contributed by atoms with Crippen LogP contribution in [-0.2, 0) is 12.2 Å². The van der Waals surface area contributed by atoms with Gasteiger partial charge in [0, 0.05) is 10.7 Å². The van der Waals surface area contributed by atoms with E-state index in [0.29, 0.717) is 5.75 Å². The molecule has 3 rings (SSSR count). The van der Waals surface area contributed by atoms with E-state index in [1.165, 1.54) is 27.7 Å². The summed E-state index contributed by atoms with van der Waals surface area (Å²) in [6, 6.07) is 15.5. The van der Waals surface area contributed by atoms with Crippen LogP contribution in [0.5, 0.6) is 0 Å². The minimum atomic E-state index is -0.112. The lowest BCUT2D eigenvalue weighted by Crippen LogP contribution is -1.87. The van der Waals surface area contributed by atoms with Gasteiger partial charge in [0.15, 0.2) is 0 Å².